The number of rotatable bonds is 4. The van der Waals surface area contributed by atoms with Gasteiger partial charge in [0.25, 0.3) is 0 Å². The zero-order valence-electron chi connectivity index (χ0n) is 6.00. The van der Waals surface area contributed by atoms with E-state index in [1.165, 1.54) is 0 Å². The molecule has 0 fully saturated rings. The minimum absolute atomic E-state index is 0.164. The minimum Gasteiger partial charge on any atom is -0.330 e. The molecule has 0 atom stereocenters. The quantitative estimate of drug-likeness (QED) is 0.335. The van der Waals surface area contributed by atoms with Gasteiger partial charge in [0.05, 0.1) is 14.1 Å². The Labute approximate surface area is 55.2 Å². The number of hydrogen-bond acceptors (Lipinski definition) is 3. The lowest BCUT2D eigenvalue weighted by molar-refractivity contribution is -0.898. The fourth-order valence-corrected chi connectivity index (χ4v) is 0.519. The third kappa shape index (κ3) is 4.05. The smallest absolute Gasteiger partial charge is 0.152 e. The Bertz CT molecular complexity index is 92.2. The third-order valence-corrected chi connectivity index (χ3v) is 1.13. The summed E-state index contributed by atoms with van der Waals surface area (Å²) in [6.07, 6.45) is 0.846. The van der Waals surface area contributed by atoms with E-state index in [0.717, 1.165) is 13.0 Å². The molecular formula is C5H14N3O+. The van der Waals surface area contributed by atoms with Gasteiger partial charge in [-0.15, -0.1) is 0 Å². The van der Waals surface area contributed by atoms with Crippen LogP contribution >= 0.6 is 0 Å². The molecule has 0 amide bonds. The van der Waals surface area contributed by atoms with Gasteiger partial charge in [-0.3, -0.25) is 0 Å². The Hall–Kier alpha value is -0.480. The molecule has 0 aromatic rings. The summed E-state index contributed by atoms with van der Waals surface area (Å²) >= 11 is 0. The zero-order chi connectivity index (χ0) is 7.33. The molecule has 0 rings (SSSR count). The van der Waals surface area contributed by atoms with Gasteiger partial charge in [-0.1, -0.05) is 4.91 Å². The van der Waals surface area contributed by atoms with Crippen LogP contribution < -0.4 is 5.73 Å². The summed E-state index contributed by atoms with van der Waals surface area (Å²) < 4.78 is 0.164. The monoisotopic (exact) mass is 132 g/mol. The maximum absolute atomic E-state index is 10.0. The lowest BCUT2D eigenvalue weighted by atomic mass is 10.4. The van der Waals surface area contributed by atoms with Crippen molar-refractivity contribution in [2.45, 2.75) is 6.42 Å². The topological polar surface area (TPSA) is 55.4 Å². The van der Waals surface area contributed by atoms with Crippen LogP contribution in [0.1, 0.15) is 6.42 Å². The molecule has 0 aromatic carbocycles. The van der Waals surface area contributed by atoms with Crippen LogP contribution in [-0.4, -0.2) is 31.8 Å². The highest BCUT2D eigenvalue weighted by Gasteiger charge is 2.13. The van der Waals surface area contributed by atoms with Crippen molar-refractivity contribution in [2.75, 3.05) is 27.2 Å². The zero-order valence-corrected chi connectivity index (χ0v) is 6.00. The third-order valence-electron chi connectivity index (χ3n) is 1.13. The molecule has 0 spiro atoms. The molecular weight excluding hydrogens is 118 g/mol. The van der Waals surface area contributed by atoms with Gasteiger partial charge in [0.2, 0.25) is 0 Å². The van der Waals surface area contributed by atoms with Crippen LogP contribution in [0.15, 0.2) is 5.29 Å². The Balaban J connectivity index is 3.45. The number of hydrogen-bond donors (Lipinski definition) is 1. The maximum atomic E-state index is 10.0. The molecule has 9 heavy (non-hydrogen) atoms. The number of quaternary nitrogens is 1. The van der Waals surface area contributed by atoms with E-state index in [0.29, 0.717) is 6.54 Å². The average Bonchev–Trinajstić information content (AvgIpc) is 1.84. The molecule has 0 saturated heterocycles. The standard InChI is InChI=1S/C5H14N3O/c1-8(2,7-9)5-3-4-6/h3-6H2,1-2H3/q+1. The first-order chi connectivity index (χ1) is 4.12. The van der Waals surface area contributed by atoms with Crippen LogP contribution in [0.5, 0.6) is 0 Å². The number of nitrogens with zero attached hydrogens (tertiary/aromatic N) is 2. The van der Waals surface area contributed by atoms with Crippen molar-refractivity contribution in [1.29, 1.82) is 0 Å². The highest BCUT2D eigenvalue weighted by Crippen LogP contribution is 1.97. The van der Waals surface area contributed by atoms with Gasteiger partial charge in [0.1, 0.15) is 6.54 Å². The van der Waals surface area contributed by atoms with Gasteiger partial charge in [0, 0.05) is 6.42 Å². The Morgan fingerprint density at radius 3 is 2.44 bits per heavy atom. The predicted molar refractivity (Wildman–Crippen MR) is 36.4 cm³/mol. The maximum Gasteiger partial charge on any atom is 0.152 e. The Morgan fingerprint density at radius 2 is 2.11 bits per heavy atom. The van der Waals surface area contributed by atoms with Crippen molar-refractivity contribution in [2.24, 2.45) is 11.0 Å². The van der Waals surface area contributed by atoms with Crippen LogP contribution in [0, 0.1) is 4.91 Å². The fraction of sp³-hybridized carbons (Fsp3) is 1.00. The molecule has 0 aromatic heterocycles. The molecule has 4 nitrogen and oxygen atoms in total. The van der Waals surface area contributed by atoms with Crippen LogP contribution in [0.2, 0.25) is 0 Å². The lowest BCUT2D eigenvalue weighted by Crippen LogP contribution is -2.34. The van der Waals surface area contributed by atoms with E-state index in [4.69, 9.17) is 5.73 Å². The summed E-state index contributed by atoms with van der Waals surface area (Å²) in [4.78, 5) is 10.0. The van der Waals surface area contributed by atoms with Gasteiger partial charge in [-0.25, -0.2) is 0 Å². The molecule has 4 heteroatoms. The largest absolute Gasteiger partial charge is 0.330 e. The van der Waals surface area contributed by atoms with Crippen molar-refractivity contribution in [3.63, 3.8) is 0 Å². The van der Waals surface area contributed by atoms with Gasteiger partial charge in [-0.2, -0.15) is 4.59 Å². The highest BCUT2D eigenvalue weighted by molar-refractivity contribution is 4.33. The summed E-state index contributed by atoms with van der Waals surface area (Å²) in [6.45, 7) is 1.34. The predicted octanol–water partition coefficient (Wildman–Crippen LogP) is 0.0930. The Morgan fingerprint density at radius 1 is 1.56 bits per heavy atom. The fourth-order valence-electron chi connectivity index (χ4n) is 0.519. The molecule has 0 aliphatic rings. The lowest BCUT2D eigenvalue weighted by Gasteiger charge is -2.16. The molecule has 0 saturated carbocycles. The van der Waals surface area contributed by atoms with Crippen LogP contribution in [-0.2, 0) is 0 Å². The summed E-state index contributed by atoms with van der Waals surface area (Å²) in [5.74, 6) is 0. The van der Waals surface area contributed by atoms with Crippen LogP contribution in [0.25, 0.3) is 0 Å². The van der Waals surface area contributed by atoms with Crippen LogP contribution in [0.4, 0.5) is 0 Å². The number of nitrogens with two attached hydrogens (primary N) is 1. The molecule has 2 N–H and O–H groups in total. The molecule has 0 aliphatic carbocycles. The molecule has 54 valence electrons. The molecule has 0 unspecified atom stereocenters. The van der Waals surface area contributed by atoms with Crippen molar-refractivity contribution in [3.05, 3.63) is 4.91 Å². The summed E-state index contributed by atoms with van der Waals surface area (Å²) in [7, 11) is 3.51. The second-order valence-electron chi connectivity index (χ2n) is 2.57. The first kappa shape index (κ1) is 8.52. The first-order valence-corrected chi connectivity index (χ1v) is 3.00. The Kier molecular flexibility index (Phi) is 3.34. The minimum atomic E-state index is 0.164. The van der Waals surface area contributed by atoms with Crippen molar-refractivity contribution in [1.82, 2.24) is 0 Å². The average molecular weight is 132 g/mol. The second kappa shape index (κ2) is 3.53. The van der Waals surface area contributed by atoms with Gasteiger partial charge < -0.3 is 5.73 Å². The van der Waals surface area contributed by atoms with E-state index in [-0.39, 0.29) is 4.59 Å². The second-order valence-corrected chi connectivity index (χ2v) is 2.57. The normalized spacial score (nSPS) is 11.4. The first-order valence-electron chi connectivity index (χ1n) is 3.00. The molecule has 0 heterocycles. The van der Waals surface area contributed by atoms with E-state index in [1.807, 2.05) is 0 Å². The van der Waals surface area contributed by atoms with Gasteiger partial charge in [0.15, 0.2) is 5.29 Å². The summed E-state index contributed by atoms with van der Waals surface area (Å²) in [5.41, 5.74) is 5.24. The van der Waals surface area contributed by atoms with E-state index < -0.39 is 0 Å². The van der Waals surface area contributed by atoms with Crippen LogP contribution in [0.3, 0.4) is 0 Å². The summed E-state index contributed by atoms with van der Waals surface area (Å²) in [6, 6.07) is 0. The van der Waals surface area contributed by atoms with Crippen molar-refractivity contribution < 1.29 is 4.59 Å². The van der Waals surface area contributed by atoms with E-state index in [1.54, 1.807) is 14.1 Å². The van der Waals surface area contributed by atoms with Gasteiger partial charge in [-0.05, 0) is 6.54 Å². The van der Waals surface area contributed by atoms with Gasteiger partial charge >= 0.3 is 0 Å². The van der Waals surface area contributed by atoms with E-state index >= 15 is 0 Å². The van der Waals surface area contributed by atoms with Crippen molar-refractivity contribution >= 4 is 0 Å². The molecule has 0 aliphatic heterocycles. The SMILES string of the molecule is C[N+](C)(CCCN)N=O. The summed E-state index contributed by atoms with van der Waals surface area (Å²) in [5, 5.41) is 2.89. The molecule has 0 bridgehead atoms. The highest BCUT2D eigenvalue weighted by atomic mass is 16.3. The van der Waals surface area contributed by atoms with E-state index in [2.05, 4.69) is 5.29 Å². The molecule has 0 radical (unpaired) electrons. The number of nitroso groups, excluding NO2 is 1. The van der Waals surface area contributed by atoms with E-state index in [9.17, 15) is 4.91 Å². The van der Waals surface area contributed by atoms with Crippen molar-refractivity contribution in [3.8, 4) is 0 Å².